The molecule has 532 valence electrons. The van der Waals surface area contributed by atoms with E-state index in [0.29, 0.717) is 23.3 Å². The molecule has 4 aromatic heterocycles. The smallest absolute Gasteiger partial charge is 0.325 e. The first kappa shape index (κ1) is 72.8. The van der Waals surface area contributed by atoms with Gasteiger partial charge in [0.25, 0.3) is 5.56 Å². The van der Waals surface area contributed by atoms with Crippen LogP contribution < -0.4 is 31.7 Å². The van der Waals surface area contributed by atoms with Crippen LogP contribution in [-0.4, -0.2) is 178 Å². The molecule has 0 radical (unpaired) electrons. The third kappa shape index (κ3) is 17.8. The fourth-order valence-electron chi connectivity index (χ4n) is 12.1. The number of halogens is 1. The molecule has 3 saturated heterocycles. The Kier molecular flexibility index (Phi) is 23.5. The lowest BCUT2D eigenvalue weighted by molar-refractivity contribution is -0.131. The molecule has 2 bridgehead atoms. The summed E-state index contributed by atoms with van der Waals surface area (Å²) in [4.78, 5) is 147. The summed E-state index contributed by atoms with van der Waals surface area (Å²) in [6.45, 7) is -11.3. The number of anilines is 1. The molecule has 7 N–H and O–H groups in total. The molecule has 5 aliphatic heterocycles. The average Bonchev–Trinajstić information content (AvgIpc) is 1.61. The number of carbonyl (C=O) groups excluding carboxylic acids is 7. The van der Waals surface area contributed by atoms with Gasteiger partial charge < -0.3 is 68.9 Å². The number of aliphatic hydroxyl groups is 1. The molecule has 3 fully saturated rings. The van der Waals surface area contributed by atoms with E-state index >= 15 is 4.39 Å². The number of hydrogen-bond acceptors (Lipinski definition) is 23. The van der Waals surface area contributed by atoms with Gasteiger partial charge >= 0.3 is 13.4 Å². The number of Topliss-reactive ketones (excluding diaryl/α,β-unsaturated/α-hetero) is 2. The molecule has 30 nitrogen and oxygen atoms in total. The van der Waals surface area contributed by atoms with Crippen molar-refractivity contribution in [3.63, 3.8) is 0 Å². The van der Waals surface area contributed by atoms with E-state index in [1.54, 1.807) is 59.3 Å². The van der Waals surface area contributed by atoms with E-state index in [4.69, 9.17) is 55.9 Å². The highest BCUT2D eigenvalue weighted by atomic mass is 32.5. The van der Waals surface area contributed by atoms with Crippen molar-refractivity contribution >= 4 is 118 Å². The fourth-order valence-corrected chi connectivity index (χ4v) is 15.9. The van der Waals surface area contributed by atoms with Gasteiger partial charge in [0.1, 0.15) is 67.2 Å². The predicted molar refractivity (Wildman–Crippen MR) is 367 cm³/mol. The minimum absolute atomic E-state index is 0.0592. The number of ether oxygens (including phenoxy) is 3. The number of carbonyl (C=O) groups is 7. The third-order valence-corrected chi connectivity index (χ3v) is 21.4. The Hall–Kier alpha value is -7.94. The van der Waals surface area contributed by atoms with Crippen molar-refractivity contribution in [1.29, 1.82) is 0 Å². The van der Waals surface area contributed by atoms with E-state index < -0.39 is 136 Å². The number of amides is 5. The zero-order chi connectivity index (χ0) is 71.0. The monoisotopic (exact) mass is 1480 g/mol. The van der Waals surface area contributed by atoms with Crippen molar-refractivity contribution in [2.24, 2.45) is 0 Å². The maximum absolute atomic E-state index is 16.7. The number of hydrogen-bond donors (Lipinski definition) is 7. The van der Waals surface area contributed by atoms with Gasteiger partial charge in [-0.15, -0.1) is 11.8 Å². The van der Waals surface area contributed by atoms with E-state index in [1.165, 1.54) is 32.7 Å². The van der Waals surface area contributed by atoms with Crippen LogP contribution in [0.25, 0.3) is 22.2 Å². The first-order chi connectivity index (χ1) is 48.7. The van der Waals surface area contributed by atoms with E-state index in [9.17, 15) is 53.2 Å². The maximum Gasteiger partial charge on any atom is 0.325 e. The van der Waals surface area contributed by atoms with Crippen molar-refractivity contribution in [2.45, 2.75) is 131 Å². The SMILES string of the molecule is O=C(CCC(=O)N[C@@H](Cc1ccccc1)C(=O)CCC(=O)NCOCC(=O)NCCn1cnc2c(ncn2[C@@H]2O[C@@H]3COP(O)(=S)O[C@H]4[C@@H](F)[C@H](n5cc6c7c(ncnc75)SCCC6)O[C@@H]4COP(O)(=S)O[C@@H]2[C@@H]3O)c1=O)CNC(=O)CCC(=O)N1Cc2ccccc2C#Cc2ccccc21. The number of imidazole rings is 1. The van der Waals surface area contributed by atoms with Crippen molar-refractivity contribution < 1.29 is 85.2 Å². The fraction of sp³-hybridized carbons (Fsp3) is 0.415. The lowest BCUT2D eigenvalue weighted by Gasteiger charge is -2.27. The van der Waals surface area contributed by atoms with Crippen molar-refractivity contribution in [1.82, 2.24) is 54.9 Å². The van der Waals surface area contributed by atoms with Gasteiger partial charge in [0.05, 0.1) is 49.7 Å². The summed E-state index contributed by atoms with van der Waals surface area (Å²) >= 11 is 12.3. The van der Waals surface area contributed by atoms with Crippen molar-refractivity contribution in [3.8, 4) is 11.8 Å². The van der Waals surface area contributed by atoms with Crippen LogP contribution in [0.5, 0.6) is 0 Å². The second kappa shape index (κ2) is 32.6. The van der Waals surface area contributed by atoms with E-state index in [-0.39, 0.29) is 88.2 Å². The Labute approximate surface area is 590 Å². The van der Waals surface area contributed by atoms with Gasteiger partial charge in [-0.25, -0.2) is 24.3 Å². The van der Waals surface area contributed by atoms with E-state index in [1.807, 2.05) is 42.5 Å². The molecule has 2 unspecified atom stereocenters. The van der Waals surface area contributed by atoms with Gasteiger partial charge in [0.2, 0.25) is 29.5 Å². The normalized spacial score (nSPS) is 24.3. The number of aryl methyl sites for hydroxylation is 1. The molecule has 101 heavy (non-hydrogen) atoms. The van der Waals surface area contributed by atoms with Gasteiger partial charge in [0.15, 0.2) is 41.4 Å². The number of aliphatic hydroxyl groups excluding tert-OH is 1. The number of nitrogens with zero attached hydrogens (tertiary/aromatic N) is 8. The Balaban J connectivity index is 0.570. The van der Waals surface area contributed by atoms with Crippen molar-refractivity contribution in [3.05, 3.63) is 142 Å². The summed E-state index contributed by atoms with van der Waals surface area (Å²) in [5, 5.41) is 23.4. The molecule has 3 aromatic carbocycles. The molecule has 5 amide bonds. The first-order valence-corrected chi connectivity index (χ1v) is 38.4. The zero-order valence-corrected chi connectivity index (χ0v) is 58.0. The van der Waals surface area contributed by atoms with Gasteiger partial charge in [-0.2, -0.15) is 0 Å². The van der Waals surface area contributed by atoms with Gasteiger partial charge in [0, 0.05) is 68.9 Å². The second-order valence-electron chi connectivity index (χ2n) is 24.1. The number of thioether (sulfide) groups is 1. The van der Waals surface area contributed by atoms with Crippen LogP contribution in [-0.2, 0) is 115 Å². The molecule has 5 aliphatic rings. The summed E-state index contributed by atoms with van der Waals surface area (Å²) in [6, 6.07) is 22.6. The summed E-state index contributed by atoms with van der Waals surface area (Å²) in [7, 11) is 0. The number of benzene rings is 3. The number of alkyl halides is 1. The molecule has 12 rings (SSSR count). The molecule has 7 aromatic rings. The highest BCUT2D eigenvalue weighted by molar-refractivity contribution is 8.07. The second-order valence-corrected chi connectivity index (χ2v) is 30.8. The standard InChI is InChI=1S/C65H69FN12O18P2S3/c66-55-58-48(94-64(55)77-30-42-14-8-26-101-62-54(42)60(77)69-34-70-62)32-92-98(89,100)96-59-57(86)47(31-91-97(88,99)95-58)93-65(59)78-36-71-56-61(78)72-35-75(63(56)87)25-24-67-52(84)33-90-37-73-50(82)21-19-46(80)44(27-38-9-2-1-3-10-38)74-51(83)20-18-43(79)28-68-49(81)22-23-53(85)76-29-41-13-5-4-11-39(41)16-17-40-12-6-7-15-45(40)76/h1-7,9-13,15,30,34-36,44,47-48,55,57-59,64-65,86H,8,14,18-29,31-33,37H2,(H,67,84)(H,68,81)(H,73,82)(H,74,83)(H,88,99)(H,89,100)/t44-,47+,48+,55+,57+,58+,59+,64+,65+,97?,98?/m0/s1. The summed E-state index contributed by atoms with van der Waals surface area (Å²) < 4.78 is 61.4. The van der Waals surface area contributed by atoms with Gasteiger partial charge in [-0.1, -0.05) is 72.5 Å². The molecule has 0 spiro atoms. The Bertz CT molecular complexity index is 4540. The van der Waals surface area contributed by atoms with Crippen LogP contribution in [0.15, 0.2) is 114 Å². The topological polar surface area (TPSA) is 380 Å². The highest BCUT2D eigenvalue weighted by Gasteiger charge is 2.53. The molecular formula is C65H69FN12O18P2S3. The Morgan fingerprint density at radius 3 is 2.25 bits per heavy atom. The van der Waals surface area contributed by atoms with E-state index in [0.717, 1.165) is 44.8 Å². The highest BCUT2D eigenvalue weighted by Crippen LogP contribution is 2.55. The van der Waals surface area contributed by atoms with Crippen LogP contribution in [0, 0.1) is 11.8 Å². The Morgan fingerprint density at radius 2 is 1.44 bits per heavy atom. The first-order valence-electron chi connectivity index (χ1n) is 32.2. The van der Waals surface area contributed by atoms with Crippen LogP contribution in [0.3, 0.4) is 0 Å². The molecule has 0 aliphatic carbocycles. The van der Waals surface area contributed by atoms with Crippen LogP contribution in [0.4, 0.5) is 10.1 Å². The third-order valence-electron chi connectivity index (χ3n) is 17.2. The number of rotatable bonds is 24. The molecule has 36 heteroatoms. The van der Waals surface area contributed by atoms with Crippen LogP contribution in [0.2, 0.25) is 0 Å². The van der Waals surface area contributed by atoms with Gasteiger partial charge in [-0.3, -0.25) is 56.5 Å². The van der Waals surface area contributed by atoms with E-state index in [2.05, 4.69) is 53.0 Å². The number of nitrogens with one attached hydrogen (secondary N) is 4. The van der Waals surface area contributed by atoms with Gasteiger partial charge in [-0.05, 0) is 83.5 Å². The number of aromatic nitrogens is 7. The molecule has 9 heterocycles. The largest absolute Gasteiger partial charge is 0.387 e. The molecule has 0 saturated carbocycles. The summed E-state index contributed by atoms with van der Waals surface area (Å²) in [6.07, 6.45) is -6.65. The van der Waals surface area contributed by atoms with Crippen LogP contribution >= 0.6 is 25.2 Å². The predicted octanol–water partition coefficient (Wildman–Crippen LogP) is 3.30. The molecular weight excluding hydrogens is 1410 g/mol. The summed E-state index contributed by atoms with van der Waals surface area (Å²) in [5.74, 6) is 3.60. The number of ketones is 2. The summed E-state index contributed by atoms with van der Waals surface area (Å²) in [5.41, 5.74) is 4.11. The average molecular weight is 1480 g/mol. The number of para-hydroxylation sites is 1. The minimum atomic E-state index is -4.41. The quantitative estimate of drug-likeness (QED) is 0.0150. The lowest BCUT2D eigenvalue weighted by atomic mass is 9.99. The number of fused-ring (bicyclic) bond motifs is 6. The zero-order valence-electron chi connectivity index (χ0n) is 53.8. The molecule has 11 atom stereocenters. The lowest BCUT2D eigenvalue weighted by Crippen LogP contribution is -2.43. The maximum atomic E-state index is 16.7. The minimum Gasteiger partial charge on any atom is -0.387 e. The van der Waals surface area contributed by atoms with Crippen LogP contribution in [0.1, 0.15) is 85.2 Å². The van der Waals surface area contributed by atoms with Crippen molar-refractivity contribution in [2.75, 3.05) is 50.3 Å². The Morgan fingerprint density at radius 1 is 0.733 bits per heavy atom.